The lowest BCUT2D eigenvalue weighted by Crippen LogP contribution is -2.65. The summed E-state index contributed by atoms with van der Waals surface area (Å²) in [5, 5.41) is 3.69. The maximum atomic E-state index is 14.5. The highest BCUT2D eigenvalue weighted by Gasteiger charge is 2.49. The lowest BCUT2D eigenvalue weighted by Gasteiger charge is -2.50. The number of methoxy groups -OCH3 is 1. The molecule has 0 bridgehead atoms. The first-order chi connectivity index (χ1) is 17.3. The van der Waals surface area contributed by atoms with Gasteiger partial charge in [0, 0.05) is 31.6 Å². The number of halogens is 1. The van der Waals surface area contributed by atoms with E-state index in [9.17, 15) is 9.18 Å². The van der Waals surface area contributed by atoms with E-state index in [-0.39, 0.29) is 23.4 Å². The molecule has 1 aliphatic heterocycles. The summed E-state index contributed by atoms with van der Waals surface area (Å²) >= 11 is 0. The number of ether oxygens (including phenoxy) is 2. The van der Waals surface area contributed by atoms with Crippen LogP contribution in [0.4, 0.5) is 21.6 Å². The number of nitrogens with two attached hydrogens (primary N) is 1. The largest absolute Gasteiger partial charge is 0.493 e. The third-order valence-corrected chi connectivity index (χ3v) is 7.50. The van der Waals surface area contributed by atoms with Gasteiger partial charge in [0.15, 0.2) is 17.3 Å². The fourth-order valence-corrected chi connectivity index (χ4v) is 5.29. The monoisotopic (exact) mass is 494 g/mol. The molecule has 2 aromatic carbocycles. The summed E-state index contributed by atoms with van der Waals surface area (Å²) in [7, 11) is 5.50. The van der Waals surface area contributed by atoms with Crippen LogP contribution in [0.3, 0.4) is 0 Å². The highest BCUT2D eigenvalue weighted by molar-refractivity contribution is 5.93. The maximum absolute atomic E-state index is 14.5. The van der Waals surface area contributed by atoms with Gasteiger partial charge < -0.3 is 25.4 Å². The number of benzene rings is 2. The number of amides is 1. The molecule has 2 fully saturated rings. The van der Waals surface area contributed by atoms with Crippen molar-refractivity contribution in [3.63, 3.8) is 0 Å². The first-order valence-corrected chi connectivity index (χ1v) is 12.1. The van der Waals surface area contributed by atoms with Crippen LogP contribution in [-0.2, 0) is 4.79 Å². The average molecular weight is 495 g/mol. The highest BCUT2D eigenvalue weighted by Crippen LogP contribution is 2.41. The van der Waals surface area contributed by atoms with E-state index < -0.39 is 11.4 Å². The lowest BCUT2D eigenvalue weighted by molar-refractivity contribution is -0.152. The van der Waals surface area contributed by atoms with E-state index in [4.69, 9.17) is 15.2 Å². The second kappa shape index (κ2) is 9.42. The molecule has 190 valence electrons. The van der Waals surface area contributed by atoms with Crippen molar-refractivity contribution in [3.8, 4) is 11.5 Å². The molecule has 2 heterocycles. The van der Waals surface area contributed by atoms with Gasteiger partial charge in [0.25, 0.3) is 0 Å². The van der Waals surface area contributed by atoms with Crippen LogP contribution in [0.15, 0.2) is 36.7 Å². The van der Waals surface area contributed by atoms with Crippen molar-refractivity contribution >= 4 is 34.0 Å². The number of nitrogen functional groups attached to an aromatic ring is 1. The average Bonchev–Trinajstić information content (AvgIpc) is 2.89. The lowest BCUT2D eigenvalue weighted by atomic mass is 9.77. The molecule has 1 spiro atoms. The van der Waals surface area contributed by atoms with Crippen molar-refractivity contribution in [3.05, 3.63) is 42.5 Å². The Bertz CT molecular complexity index is 1290. The second-order valence-corrected chi connectivity index (χ2v) is 9.57. The molecule has 0 atom stereocenters. The first kappa shape index (κ1) is 24.1. The Labute approximate surface area is 209 Å². The van der Waals surface area contributed by atoms with Crippen LogP contribution < -0.4 is 20.5 Å². The Morgan fingerprint density at radius 3 is 2.67 bits per heavy atom. The normalized spacial score (nSPS) is 22.7. The van der Waals surface area contributed by atoms with Gasteiger partial charge in [0.1, 0.15) is 17.7 Å². The van der Waals surface area contributed by atoms with Crippen molar-refractivity contribution in [2.75, 3.05) is 45.3 Å². The summed E-state index contributed by atoms with van der Waals surface area (Å²) in [4.78, 5) is 25.7. The van der Waals surface area contributed by atoms with E-state index in [1.165, 1.54) is 12.4 Å². The number of hydrogen-bond donors (Lipinski definition) is 2. The van der Waals surface area contributed by atoms with Gasteiger partial charge in [-0.1, -0.05) is 6.07 Å². The van der Waals surface area contributed by atoms with Crippen LogP contribution in [0.2, 0.25) is 0 Å². The van der Waals surface area contributed by atoms with E-state index in [0.717, 1.165) is 38.8 Å². The smallest absolute Gasteiger partial charge is 0.242 e. The minimum absolute atomic E-state index is 0.0485. The van der Waals surface area contributed by atoms with Crippen molar-refractivity contribution in [2.24, 2.45) is 0 Å². The van der Waals surface area contributed by atoms with Crippen LogP contribution in [0.1, 0.15) is 25.7 Å². The first-order valence-electron chi connectivity index (χ1n) is 12.1. The summed E-state index contributed by atoms with van der Waals surface area (Å²) < 4.78 is 26.5. The highest BCUT2D eigenvalue weighted by atomic mass is 19.1. The summed E-state index contributed by atoms with van der Waals surface area (Å²) in [5.41, 5.74) is 6.16. The molecular formula is C26H31FN6O3. The predicted molar refractivity (Wildman–Crippen MR) is 136 cm³/mol. The summed E-state index contributed by atoms with van der Waals surface area (Å²) in [6.45, 7) is 1.62. The van der Waals surface area contributed by atoms with Crippen molar-refractivity contribution < 1.29 is 18.7 Å². The van der Waals surface area contributed by atoms with Gasteiger partial charge in [-0.2, -0.15) is 0 Å². The molecule has 3 N–H and O–H groups in total. The molecule has 1 aliphatic carbocycles. The van der Waals surface area contributed by atoms with E-state index >= 15 is 0 Å². The van der Waals surface area contributed by atoms with Gasteiger partial charge in [-0.15, -0.1) is 0 Å². The van der Waals surface area contributed by atoms with Gasteiger partial charge in [-0.25, -0.2) is 14.4 Å². The van der Waals surface area contributed by atoms with E-state index in [0.29, 0.717) is 28.2 Å². The zero-order valence-electron chi connectivity index (χ0n) is 20.8. The molecule has 36 heavy (non-hydrogen) atoms. The third-order valence-electron chi connectivity index (χ3n) is 7.50. The SMILES string of the molecule is COc1cc2ncnc(Nc3cccc(N)c3F)c2cc1O[C@H]1CC[C@]2(CC1)C(=O)N(C)CCN2C. The second-order valence-electron chi connectivity index (χ2n) is 9.57. The standard InChI is InChI=1S/C26H31FN6O3/c1-32-11-12-33(2)26(25(32)34)9-7-16(8-10-26)36-22-13-17-20(14-21(22)35-3)29-15-30-24(17)31-19-6-4-5-18(28)23(19)27/h4-6,13-16H,7-12,28H2,1-3H3,(H,29,30,31)/t16-,26-. The topological polar surface area (TPSA) is 106 Å². The van der Waals surface area contributed by atoms with Crippen LogP contribution in [-0.4, -0.2) is 71.6 Å². The minimum atomic E-state index is -0.543. The number of hydrogen-bond acceptors (Lipinski definition) is 8. The molecule has 5 rings (SSSR count). The van der Waals surface area contributed by atoms with Gasteiger partial charge in [-0.05, 0) is 50.9 Å². The van der Waals surface area contributed by atoms with Crippen LogP contribution in [0.5, 0.6) is 11.5 Å². The molecule has 1 amide bonds. The van der Waals surface area contributed by atoms with Gasteiger partial charge >= 0.3 is 0 Å². The molecule has 3 aromatic rings. The number of carbonyl (C=O) groups is 1. The van der Waals surface area contributed by atoms with E-state index in [1.807, 2.05) is 25.1 Å². The molecule has 0 radical (unpaired) electrons. The molecule has 1 saturated heterocycles. The fourth-order valence-electron chi connectivity index (χ4n) is 5.29. The number of piperazine rings is 1. The Morgan fingerprint density at radius 2 is 1.92 bits per heavy atom. The van der Waals surface area contributed by atoms with Crippen LogP contribution in [0, 0.1) is 5.82 Å². The van der Waals surface area contributed by atoms with Crippen molar-refractivity contribution in [1.82, 2.24) is 19.8 Å². The minimum Gasteiger partial charge on any atom is -0.493 e. The number of fused-ring (bicyclic) bond motifs is 1. The molecule has 0 unspecified atom stereocenters. The molecular weight excluding hydrogens is 463 g/mol. The van der Waals surface area contributed by atoms with Crippen molar-refractivity contribution in [2.45, 2.75) is 37.3 Å². The van der Waals surface area contributed by atoms with Gasteiger partial charge in [-0.3, -0.25) is 9.69 Å². The molecule has 9 nitrogen and oxygen atoms in total. The van der Waals surface area contributed by atoms with Crippen molar-refractivity contribution in [1.29, 1.82) is 0 Å². The van der Waals surface area contributed by atoms with Crippen LogP contribution in [0.25, 0.3) is 10.9 Å². The zero-order valence-corrected chi connectivity index (χ0v) is 20.8. The van der Waals surface area contributed by atoms with Crippen LogP contribution >= 0.6 is 0 Å². The maximum Gasteiger partial charge on any atom is 0.242 e. The third kappa shape index (κ3) is 4.15. The fraction of sp³-hybridized carbons (Fsp3) is 0.423. The summed E-state index contributed by atoms with van der Waals surface area (Å²) in [6.07, 6.45) is 4.30. The number of carbonyl (C=O) groups excluding carboxylic acids is 1. The van der Waals surface area contributed by atoms with Gasteiger partial charge in [0.2, 0.25) is 5.91 Å². The van der Waals surface area contributed by atoms with E-state index in [1.54, 1.807) is 25.3 Å². The molecule has 1 aromatic heterocycles. The Balaban J connectivity index is 1.40. The number of nitrogens with one attached hydrogen (secondary N) is 1. The van der Waals surface area contributed by atoms with E-state index in [2.05, 4.69) is 20.2 Å². The number of anilines is 3. The predicted octanol–water partition coefficient (Wildman–Crippen LogP) is 3.57. The Hall–Kier alpha value is -3.66. The Kier molecular flexibility index (Phi) is 6.29. The van der Waals surface area contributed by atoms with Gasteiger partial charge in [0.05, 0.1) is 30.1 Å². The number of rotatable bonds is 5. The Morgan fingerprint density at radius 1 is 1.14 bits per heavy atom. The summed E-state index contributed by atoms with van der Waals surface area (Å²) in [6, 6.07) is 8.37. The number of nitrogens with zero attached hydrogens (tertiary/aromatic N) is 4. The number of aromatic nitrogens is 2. The molecule has 10 heteroatoms. The molecule has 2 aliphatic rings. The zero-order chi connectivity index (χ0) is 25.4. The quantitative estimate of drug-likeness (QED) is 0.519. The molecule has 1 saturated carbocycles. The summed E-state index contributed by atoms with van der Waals surface area (Å²) in [5.74, 6) is 1.18. The number of likely N-dealkylation sites (N-methyl/N-ethyl adjacent to an activating group) is 2.